The summed E-state index contributed by atoms with van der Waals surface area (Å²) in [6.07, 6.45) is 3.23. The molecule has 3 rings (SSSR count). The van der Waals surface area contributed by atoms with Crippen LogP contribution in [0.4, 0.5) is 0 Å². The maximum Gasteiger partial charge on any atom is 0.122 e. The van der Waals surface area contributed by atoms with Gasteiger partial charge in [-0.3, -0.25) is 4.90 Å². The Morgan fingerprint density at radius 3 is 2.91 bits per heavy atom. The molecule has 0 amide bonds. The van der Waals surface area contributed by atoms with Crippen LogP contribution in [-0.2, 0) is 13.1 Å². The fourth-order valence-corrected chi connectivity index (χ4v) is 2.55. The fraction of sp³-hybridized carbons (Fsp3) is 0.375. The molecular formula is C16H18N4O2. The van der Waals surface area contributed by atoms with Crippen LogP contribution in [0.15, 0.2) is 36.7 Å². The molecule has 22 heavy (non-hydrogen) atoms. The number of β-amino-alcohol motifs (C(OH)–C–C–N with tert-alkyl or cyclic N) is 1. The predicted molar refractivity (Wildman–Crippen MR) is 80.2 cm³/mol. The Kier molecular flexibility index (Phi) is 4.37. The topological polar surface area (TPSA) is 74.3 Å². The van der Waals surface area contributed by atoms with Crippen molar-refractivity contribution < 1.29 is 9.84 Å². The third-order valence-corrected chi connectivity index (χ3v) is 3.72. The summed E-state index contributed by atoms with van der Waals surface area (Å²) in [6.45, 7) is 3.34. The Bertz CT molecular complexity index is 660. The lowest BCUT2D eigenvalue weighted by atomic mass is 10.2. The number of imidazole rings is 1. The molecule has 0 aliphatic carbocycles. The Hall–Kier alpha value is -2.36. The lowest BCUT2D eigenvalue weighted by Gasteiger charge is -2.29. The third kappa shape index (κ3) is 3.45. The van der Waals surface area contributed by atoms with Crippen molar-refractivity contribution in [1.29, 1.82) is 5.26 Å². The monoisotopic (exact) mass is 298 g/mol. The molecule has 2 aromatic rings. The SMILES string of the molecule is N#Cc1ccc(OC[C@H](O)CN2CCn3ccnc3C2)cc1. The maximum atomic E-state index is 10.1. The normalized spacial score (nSPS) is 15.8. The van der Waals surface area contributed by atoms with Gasteiger partial charge in [0.2, 0.25) is 0 Å². The van der Waals surface area contributed by atoms with Crippen molar-refractivity contribution in [3.05, 3.63) is 48.0 Å². The van der Waals surface area contributed by atoms with Crippen LogP contribution in [0.1, 0.15) is 11.4 Å². The minimum absolute atomic E-state index is 0.233. The van der Waals surface area contributed by atoms with Crippen molar-refractivity contribution in [1.82, 2.24) is 14.5 Å². The van der Waals surface area contributed by atoms with Crippen molar-refractivity contribution in [3.8, 4) is 11.8 Å². The average Bonchev–Trinajstić information content (AvgIpc) is 3.01. The zero-order valence-electron chi connectivity index (χ0n) is 12.2. The standard InChI is InChI=1S/C16H18N4O2/c17-9-13-1-3-15(4-2-13)22-12-14(21)10-19-7-8-20-6-5-18-16(20)11-19/h1-6,14,21H,7-8,10-12H2/t14-/m1/s1. The summed E-state index contributed by atoms with van der Waals surface area (Å²) in [5.74, 6) is 1.69. The van der Waals surface area contributed by atoms with Crippen LogP contribution in [-0.4, -0.2) is 45.4 Å². The number of nitrogens with zero attached hydrogens (tertiary/aromatic N) is 4. The molecule has 1 aliphatic rings. The Balaban J connectivity index is 1.46. The highest BCUT2D eigenvalue weighted by atomic mass is 16.5. The predicted octanol–water partition coefficient (Wildman–Crippen LogP) is 1.01. The first kappa shape index (κ1) is 14.6. The molecule has 1 aliphatic heterocycles. The summed E-state index contributed by atoms with van der Waals surface area (Å²) < 4.78 is 7.69. The first-order valence-corrected chi connectivity index (χ1v) is 7.28. The minimum Gasteiger partial charge on any atom is -0.491 e. The van der Waals surface area contributed by atoms with Crippen LogP contribution in [0.25, 0.3) is 0 Å². The van der Waals surface area contributed by atoms with E-state index in [-0.39, 0.29) is 6.61 Å². The van der Waals surface area contributed by atoms with E-state index in [1.807, 2.05) is 12.4 Å². The van der Waals surface area contributed by atoms with E-state index < -0.39 is 6.10 Å². The van der Waals surface area contributed by atoms with Crippen molar-refractivity contribution in [2.24, 2.45) is 0 Å². The molecular weight excluding hydrogens is 280 g/mol. The number of ether oxygens (including phenoxy) is 1. The molecule has 0 bridgehead atoms. The number of hydrogen-bond acceptors (Lipinski definition) is 5. The van der Waals surface area contributed by atoms with Gasteiger partial charge in [-0.1, -0.05) is 0 Å². The maximum absolute atomic E-state index is 10.1. The molecule has 1 aromatic carbocycles. The van der Waals surface area contributed by atoms with Gasteiger partial charge in [-0.2, -0.15) is 5.26 Å². The first-order chi connectivity index (χ1) is 10.7. The molecule has 114 valence electrons. The number of benzene rings is 1. The van der Waals surface area contributed by atoms with Gasteiger partial charge in [0.25, 0.3) is 0 Å². The summed E-state index contributed by atoms with van der Waals surface area (Å²) >= 11 is 0. The van der Waals surface area contributed by atoms with E-state index in [0.717, 1.165) is 25.5 Å². The molecule has 6 heteroatoms. The van der Waals surface area contributed by atoms with Crippen LogP contribution >= 0.6 is 0 Å². The lowest BCUT2D eigenvalue weighted by molar-refractivity contribution is 0.0583. The fourth-order valence-electron chi connectivity index (χ4n) is 2.55. The molecule has 6 nitrogen and oxygen atoms in total. The van der Waals surface area contributed by atoms with E-state index >= 15 is 0 Å². The van der Waals surface area contributed by atoms with Crippen LogP contribution in [0.5, 0.6) is 5.75 Å². The van der Waals surface area contributed by atoms with Crippen LogP contribution < -0.4 is 4.74 Å². The summed E-state index contributed by atoms with van der Waals surface area (Å²) in [4.78, 5) is 6.48. The van der Waals surface area contributed by atoms with Crippen molar-refractivity contribution >= 4 is 0 Å². The number of aromatic nitrogens is 2. The molecule has 0 unspecified atom stereocenters. The summed E-state index contributed by atoms with van der Waals surface area (Å²) in [6, 6.07) is 8.94. The summed E-state index contributed by atoms with van der Waals surface area (Å²) in [5, 5.41) is 18.9. The molecule has 0 radical (unpaired) electrons. The molecule has 0 saturated heterocycles. The third-order valence-electron chi connectivity index (χ3n) is 3.72. The van der Waals surface area contributed by atoms with Gasteiger partial charge in [-0.05, 0) is 24.3 Å². The smallest absolute Gasteiger partial charge is 0.122 e. The zero-order chi connectivity index (χ0) is 15.4. The van der Waals surface area contributed by atoms with Crippen molar-refractivity contribution in [2.75, 3.05) is 19.7 Å². The van der Waals surface area contributed by atoms with Gasteiger partial charge in [-0.25, -0.2) is 4.98 Å². The Morgan fingerprint density at radius 2 is 2.14 bits per heavy atom. The number of aliphatic hydroxyl groups is 1. The van der Waals surface area contributed by atoms with Gasteiger partial charge >= 0.3 is 0 Å². The minimum atomic E-state index is -0.558. The van der Waals surface area contributed by atoms with Crippen molar-refractivity contribution in [3.63, 3.8) is 0 Å². The van der Waals surface area contributed by atoms with Crippen LogP contribution in [0.2, 0.25) is 0 Å². The molecule has 0 saturated carbocycles. The summed E-state index contributed by atoms with van der Waals surface area (Å²) in [5.41, 5.74) is 0.594. The van der Waals surface area contributed by atoms with Gasteiger partial charge in [0, 0.05) is 32.0 Å². The quantitative estimate of drug-likeness (QED) is 0.891. The highest BCUT2D eigenvalue weighted by Gasteiger charge is 2.19. The van der Waals surface area contributed by atoms with Gasteiger partial charge in [-0.15, -0.1) is 0 Å². The number of rotatable bonds is 5. The van der Waals surface area contributed by atoms with Crippen LogP contribution in [0, 0.1) is 11.3 Å². The second kappa shape index (κ2) is 6.60. The number of aliphatic hydroxyl groups excluding tert-OH is 1. The zero-order valence-corrected chi connectivity index (χ0v) is 12.2. The molecule has 1 aromatic heterocycles. The Morgan fingerprint density at radius 1 is 1.32 bits per heavy atom. The highest BCUT2D eigenvalue weighted by Crippen LogP contribution is 2.13. The molecule has 1 N–H and O–H groups in total. The highest BCUT2D eigenvalue weighted by molar-refractivity contribution is 5.34. The van der Waals surface area contributed by atoms with E-state index in [1.165, 1.54) is 0 Å². The average molecular weight is 298 g/mol. The van der Waals surface area contributed by atoms with E-state index in [9.17, 15) is 5.11 Å². The van der Waals surface area contributed by atoms with Gasteiger partial charge < -0.3 is 14.4 Å². The lowest BCUT2D eigenvalue weighted by Crippen LogP contribution is -2.40. The number of hydrogen-bond donors (Lipinski definition) is 1. The largest absolute Gasteiger partial charge is 0.491 e. The number of nitriles is 1. The molecule has 1 atom stereocenters. The molecule has 0 fully saturated rings. The molecule has 0 spiro atoms. The van der Waals surface area contributed by atoms with E-state index in [1.54, 1.807) is 24.3 Å². The van der Waals surface area contributed by atoms with Gasteiger partial charge in [0.05, 0.1) is 18.2 Å². The van der Waals surface area contributed by atoms with Gasteiger partial charge in [0.1, 0.15) is 24.3 Å². The first-order valence-electron chi connectivity index (χ1n) is 7.28. The second-order valence-corrected chi connectivity index (χ2v) is 5.37. The number of fused-ring (bicyclic) bond motifs is 1. The van der Waals surface area contributed by atoms with E-state index in [2.05, 4.69) is 20.5 Å². The van der Waals surface area contributed by atoms with Crippen molar-refractivity contribution in [2.45, 2.75) is 19.2 Å². The van der Waals surface area contributed by atoms with Crippen LogP contribution in [0.3, 0.4) is 0 Å². The molecule has 2 heterocycles. The second-order valence-electron chi connectivity index (χ2n) is 5.37. The van der Waals surface area contributed by atoms with E-state index in [0.29, 0.717) is 17.9 Å². The van der Waals surface area contributed by atoms with E-state index in [4.69, 9.17) is 10.00 Å². The summed E-state index contributed by atoms with van der Waals surface area (Å²) in [7, 11) is 0. The Labute approximate surface area is 129 Å². The van der Waals surface area contributed by atoms with Gasteiger partial charge in [0.15, 0.2) is 0 Å².